The molecule has 146 valence electrons. The van der Waals surface area contributed by atoms with E-state index >= 15 is 0 Å². The maximum absolute atomic E-state index is 11.9. The average molecular weight is 435 g/mol. The first-order chi connectivity index (χ1) is 12.7. The van der Waals surface area contributed by atoms with Crippen LogP contribution in [-0.2, 0) is 4.74 Å². The molecule has 0 unspecified atom stereocenters. The highest BCUT2D eigenvalue weighted by atomic mass is 79.9. The van der Waals surface area contributed by atoms with Crippen LogP contribution in [0.25, 0.3) is 10.9 Å². The predicted molar refractivity (Wildman–Crippen MR) is 113 cm³/mol. The number of hydrogen-bond acceptors (Lipinski definition) is 5. The van der Waals surface area contributed by atoms with E-state index in [4.69, 9.17) is 10.5 Å². The lowest BCUT2D eigenvalue weighted by molar-refractivity contribution is 0.0492. The molecule has 0 atom stereocenters. The predicted octanol–water partition coefficient (Wildman–Crippen LogP) is 4.83. The van der Waals surface area contributed by atoms with Crippen LogP contribution in [0.1, 0.15) is 46.5 Å². The summed E-state index contributed by atoms with van der Waals surface area (Å²) in [5.74, 6) is 0. The number of nitrogen functional groups attached to an aromatic ring is 1. The maximum atomic E-state index is 11.9. The Kier molecular flexibility index (Phi) is 5.79. The molecular weight excluding hydrogens is 408 g/mol. The second kappa shape index (κ2) is 7.92. The van der Waals surface area contributed by atoms with Crippen molar-refractivity contribution in [3.63, 3.8) is 0 Å². The molecule has 1 aromatic heterocycles. The molecule has 7 heteroatoms. The SMILES string of the molecule is CC(C)(C)OC(=O)NC1CCC(Nc2c(N)cnc3ccc(Br)cc23)CC1. The van der Waals surface area contributed by atoms with Gasteiger partial charge in [0, 0.05) is 21.9 Å². The Balaban J connectivity index is 1.61. The van der Waals surface area contributed by atoms with Gasteiger partial charge in [-0.3, -0.25) is 4.98 Å². The average Bonchev–Trinajstić information content (AvgIpc) is 2.57. The van der Waals surface area contributed by atoms with E-state index in [0.29, 0.717) is 11.7 Å². The first-order valence-electron chi connectivity index (χ1n) is 9.31. The number of fused-ring (bicyclic) bond motifs is 1. The second-order valence-electron chi connectivity index (χ2n) is 8.09. The van der Waals surface area contributed by atoms with Gasteiger partial charge in [0.05, 0.1) is 23.1 Å². The number of nitrogens with one attached hydrogen (secondary N) is 2. The summed E-state index contributed by atoms with van der Waals surface area (Å²) in [4.78, 5) is 16.3. The summed E-state index contributed by atoms with van der Waals surface area (Å²) in [6, 6.07) is 6.46. The first kappa shape index (κ1) is 19.7. The Morgan fingerprint density at radius 3 is 2.56 bits per heavy atom. The van der Waals surface area contributed by atoms with Gasteiger partial charge in [-0.1, -0.05) is 15.9 Å². The van der Waals surface area contributed by atoms with Crippen LogP contribution in [0.15, 0.2) is 28.9 Å². The number of ether oxygens (including phenoxy) is 1. The molecule has 6 nitrogen and oxygen atoms in total. The van der Waals surface area contributed by atoms with Gasteiger partial charge in [-0.15, -0.1) is 0 Å². The van der Waals surface area contributed by atoms with Crippen molar-refractivity contribution in [2.24, 2.45) is 0 Å². The van der Waals surface area contributed by atoms with Crippen molar-refractivity contribution in [3.8, 4) is 0 Å². The van der Waals surface area contributed by atoms with Crippen LogP contribution >= 0.6 is 15.9 Å². The van der Waals surface area contributed by atoms with Gasteiger partial charge in [0.25, 0.3) is 0 Å². The van der Waals surface area contributed by atoms with Crippen molar-refractivity contribution >= 4 is 44.3 Å². The number of hydrogen-bond donors (Lipinski definition) is 3. The number of carbonyl (C=O) groups excluding carboxylic acids is 1. The van der Waals surface area contributed by atoms with Crippen LogP contribution in [0.4, 0.5) is 16.2 Å². The first-order valence-corrected chi connectivity index (χ1v) is 10.1. The molecule has 1 aromatic carbocycles. The van der Waals surface area contributed by atoms with Crippen molar-refractivity contribution in [2.75, 3.05) is 11.1 Å². The standard InChI is InChI=1S/C20H27BrN4O2/c1-20(2,3)27-19(26)25-14-7-5-13(6-8-14)24-18-15-10-12(21)4-9-17(15)23-11-16(18)22/h4,9-11,13-14H,5-8,22H2,1-3H3,(H,23,24)(H,25,26). The van der Waals surface area contributed by atoms with Crippen molar-refractivity contribution in [3.05, 3.63) is 28.9 Å². The van der Waals surface area contributed by atoms with Gasteiger partial charge in [-0.25, -0.2) is 4.79 Å². The normalized spacial score (nSPS) is 20.3. The molecule has 0 radical (unpaired) electrons. The summed E-state index contributed by atoms with van der Waals surface area (Å²) in [6.45, 7) is 5.61. The largest absolute Gasteiger partial charge is 0.444 e. The number of nitrogens with zero attached hydrogens (tertiary/aromatic N) is 1. The van der Waals surface area contributed by atoms with E-state index in [1.807, 2.05) is 39.0 Å². The molecule has 1 aliphatic carbocycles. The molecule has 27 heavy (non-hydrogen) atoms. The van der Waals surface area contributed by atoms with Crippen molar-refractivity contribution in [2.45, 2.75) is 64.1 Å². The molecule has 4 N–H and O–H groups in total. The highest BCUT2D eigenvalue weighted by Crippen LogP contribution is 2.32. The smallest absolute Gasteiger partial charge is 0.407 e. The van der Waals surface area contributed by atoms with Crippen molar-refractivity contribution < 1.29 is 9.53 Å². The number of anilines is 2. The second-order valence-corrected chi connectivity index (χ2v) is 9.00. The number of amides is 1. The minimum absolute atomic E-state index is 0.151. The summed E-state index contributed by atoms with van der Waals surface area (Å²) >= 11 is 3.52. The van der Waals surface area contributed by atoms with E-state index in [2.05, 4.69) is 31.5 Å². The van der Waals surface area contributed by atoms with Crippen LogP contribution in [0.3, 0.4) is 0 Å². The van der Waals surface area contributed by atoms with Gasteiger partial charge in [-0.2, -0.15) is 0 Å². The Bertz CT molecular complexity index is 821. The van der Waals surface area contributed by atoms with E-state index in [0.717, 1.165) is 46.7 Å². The molecule has 0 spiro atoms. The molecule has 1 heterocycles. The fraction of sp³-hybridized carbons (Fsp3) is 0.500. The Labute approximate surface area is 168 Å². The number of nitrogens with two attached hydrogens (primary N) is 1. The summed E-state index contributed by atoms with van der Waals surface area (Å²) in [7, 11) is 0. The van der Waals surface area contributed by atoms with E-state index < -0.39 is 5.60 Å². The molecular formula is C20H27BrN4O2. The number of rotatable bonds is 3. The number of benzene rings is 1. The summed E-state index contributed by atoms with van der Waals surface area (Å²) in [5, 5.41) is 7.59. The molecule has 2 aromatic rings. The highest BCUT2D eigenvalue weighted by molar-refractivity contribution is 9.10. The minimum Gasteiger partial charge on any atom is -0.444 e. The van der Waals surface area contributed by atoms with Gasteiger partial charge in [-0.05, 0) is 64.7 Å². The molecule has 0 saturated heterocycles. The van der Waals surface area contributed by atoms with Gasteiger partial charge in [0.2, 0.25) is 0 Å². The molecule has 0 aliphatic heterocycles. The van der Waals surface area contributed by atoms with Crippen LogP contribution in [0.2, 0.25) is 0 Å². The number of halogens is 1. The quantitative estimate of drug-likeness (QED) is 0.643. The highest BCUT2D eigenvalue weighted by Gasteiger charge is 2.25. The molecule has 1 saturated carbocycles. The monoisotopic (exact) mass is 434 g/mol. The zero-order chi connectivity index (χ0) is 19.6. The summed E-state index contributed by atoms with van der Waals surface area (Å²) in [6.07, 6.45) is 5.09. The third-order valence-corrected chi connectivity index (χ3v) is 5.15. The third kappa shape index (κ3) is 5.25. The lowest BCUT2D eigenvalue weighted by Crippen LogP contribution is -2.42. The molecule has 0 bridgehead atoms. The van der Waals surface area contributed by atoms with Gasteiger partial charge < -0.3 is 21.1 Å². The lowest BCUT2D eigenvalue weighted by atomic mass is 9.91. The zero-order valence-electron chi connectivity index (χ0n) is 16.0. The summed E-state index contributed by atoms with van der Waals surface area (Å²) in [5.41, 5.74) is 8.21. The van der Waals surface area contributed by atoms with Crippen LogP contribution in [-0.4, -0.2) is 28.8 Å². The van der Waals surface area contributed by atoms with Gasteiger partial charge in [0.15, 0.2) is 0 Å². The number of pyridine rings is 1. The fourth-order valence-electron chi connectivity index (χ4n) is 3.40. The molecule has 1 fully saturated rings. The van der Waals surface area contributed by atoms with E-state index in [1.54, 1.807) is 6.20 Å². The molecule has 1 aliphatic rings. The lowest BCUT2D eigenvalue weighted by Gasteiger charge is -2.31. The molecule has 1 amide bonds. The van der Waals surface area contributed by atoms with Gasteiger partial charge >= 0.3 is 6.09 Å². The minimum atomic E-state index is -0.475. The van der Waals surface area contributed by atoms with Crippen molar-refractivity contribution in [1.29, 1.82) is 0 Å². The summed E-state index contributed by atoms with van der Waals surface area (Å²) < 4.78 is 6.34. The Morgan fingerprint density at radius 2 is 1.89 bits per heavy atom. The zero-order valence-corrected chi connectivity index (χ0v) is 17.6. The van der Waals surface area contributed by atoms with Crippen molar-refractivity contribution in [1.82, 2.24) is 10.3 Å². The third-order valence-electron chi connectivity index (χ3n) is 4.66. The van der Waals surface area contributed by atoms with E-state index in [1.165, 1.54) is 0 Å². The fourth-order valence-corrected chi connectivity index (χ4v) is 3.76. The molecule has 3 rings (SSSR count). The van der Waals surface area contributed by atoms with E-state index in [9.17, 15) is 4.79 Å². The number of carbonyl (C=O) groups is 1. The number of alkyl carbamates (subject to hydrolysis) is 1. The van der Waals surface area contributed by atoms with Crippen LogP contribution < -0.4 is 16.4 Å². The number of aromatic nitrogens is 1. The topological polar surface area (TPSA) is 89.3 Å². The maximum Gasteiger partial charge on any atom is 0.407 e. The van der Waals surface area contributed by atoms with E-state index in [-0.39, 0.29) is 12.1 Å². The van der Waals surface area contributed by atoms with Crippen LogP contribution in [0, 0.1) is 0 Å². The Morgan fingerprint density at radius 1 is 1.22 bits per heavy atom. The van der Waals surface area contributed by atoms with Crippen LogP contribution in [0.5, 0.6) is 0 Å². The van der Waals surface area contributed by atoms with Gasteiger partial charge in [0.1, 0.15) is 5.60 Å². The Hall–Kier alpha value is -2.02.